The SMILES string of the molecule is Cl.Cl.Cn1ccnc1CC1CCNCC1. The predicted octanol–water partition coefficient (Wildman–Crippen LogP) is 1.81. The molecular weight excluding hydrogens is 233 g/mol. The van der Waals surface area contributed by atoms with Crippen LogP contribution in [0.2, 0.25) is 0 Å². The van der Waals surface area contributed by atoms with Crippen molar-refractivity contribution in [2.75, 3.05) is 13.1 Å². The second-order valence-electron chi connectivity index (χ2n) is 3.85. The van der Waals surface area contributed by atoms with E-state index in [-0.39, 0.29) is 24.8 Å². The lowest BCUT2D eigenvalue weighted by molar-refractivity contribution is 0.364. The Bertz CT molecular complexity index is 269. The summed E-state index contributed by atoms with van der Waals surface area (Å²) in [5.41, 5.74) is 0. The van der Waals surface area contributed by atoms with Crippen LogP contribution in [0.5, 0.6) is 0 Å². The normalized spacial score (nSPS) is 16.6. The van der Waals surface area contributed by atoms with E-state index >= 15 is 0 Å². The van der Waals surface area contributed by atoms with Gasteiger partial charge >= 0.3 is 0 Å². The maximum Gasteiger partial charge on any atom is 0.108 e. The van der Waals surface area contributed by atoms with E-state index < -0.39 is 0 Å². The molecule has 0 unspecified atom stereocenters. The molecule has 1 fully saturated rings. The largest absolute Gasteiger partial charge is 0.338 e. The molecule has 1 saturated heterocycles. The molecule has 5 heteroatoms. The number of rotatable bonds is 2. The molecule has 1 N–H and O–H groups in total. The number of aryl methyl sites for hydroxylation is 1. The zero-order valence-electron chi connectivity index (χ0n) is 8.98. The summed E-state index contributed by atoms with van der Waals surface area (Å²) in [6.07, 6.45) is 7.65. The van der Waals surface area contributed by atoms with Crippen LogP contribution in [-0.4, -0.2) is 22.6 Å². The summed E-state index contributed by atoms with van der Waals surface area (Å²) in [6, 6.07) is 0. The minimum absolute atomic E-state index is 0. The molecule has 0 aromatic carbocycles. The lowest BCUT2D eigenvalue weighted by Gasteiger charge is -2.22. The van der Waals surface area contributed by atoms with Crippen molar-refractivity contribution in [2.45, 2.75) is 19.3 Å². The molecule has 0 spiro atoms. The number of nitrogens with zero attached hydrogens (tertiary/aromatic N) is 2. The fourth-order valence-electron chi connectivity index (χ4n) is 1.94. The Kier molecular flexibility index (Phi) is 6.98. The molecule has 2 heterocycles. The first-order chi connectivity index (χ1) is 6.36. The average molecular weight is 252 g/mol. The van der Waals surface area contributed by atoms with E-state index in [1.165, 1.54) is 31.8 Å². The second-order valence-corrected chi connectivity index (χ2v) is 3.85. The lowest BCUT2D eigenvalue weighted by atomic mass is 9.94. The van der Waals surface area contributed by atoms with E-state index in [4.69, 9.17) is 0 Å². The molecule has 0 bridgehead atoms. The number of imidazole rings is 1. The van der Waals surface area contributed by atoms with Crippen LogP contribution in [0.25, 0.3) is 0 Å². The maximum atomic E-state index is 4.35. The van der Waals surface area contributed by atoms with Crippen LogP contribution in [0.15, 0.2) is 12.4 Å². The van der Waals surface area contributed by atoms with Crippen LogP contribution in [0, 0.1) is 5.92 Å². The Morgan fingerprint density at radius 2 is 2.07 bits per heavy atom. The first-order valence-corrected chi connectivity index (χ1v) is 5.03. The highest BCUT2D eigenvalue weighted by Crippen LogP contribution is 2.16. The Balaban J connectivity index is 0.000000980. The summed E-state index contributed by atoms with van der Waals surface area (Å²) in [5, 5.41) is 3.38. The second kappa shape index (κ2) is 7.09. The van der Waals surface area contributed by atoms with Crippen molar-refractivity contribution in [3.63, 3.8) is 0 Å². The Morgan fingerprint density at radius 3 is 2.60 bits per heavy atom. The summed E-state index contributed by atoms with van der Waals surface area (Å²) in [6.45, 7) is 2.35. The molecule has 15 heavy (non-hydrogen) atoms. The van der Waals surface area contributed by atoms with Crippen molar-refractivity contribution >= 4 is 24.8 Å². The molecule has 0 atom stereocenters. The summed E-state index contributed by atoms with van der Waals surface area (Å²) in [5.74, 6) is 2.06. The number of aromatic nitrogens is 2. The molecule has 1 aliphatic heterocycles. The monoisotopic (exact) mass is 251 g/mol. The highest BCUT2D eigenvalue weighted by molar-refractivity contribution is 5.85. The third kappa shape index (κ3) is 4.01. The fraction of sp³-hybridized carbons (Fsp3) is 0.700. The maximum absolute atomic E-state index is 4.35. The molecule has 1 aromatic rings. The zero-order chi connectivity index (χ0) is 9.10. The van der Waals surface area contributed by atoms with Crippen LogP contribution >= 0.6 is 24.8 Å². The van der Waals surface area contributed by atoms with Crippen LogP contribution in [0.4, 0.5) is 0 Å². The molecule has 88 valence electrons. The van der Waals surface area contributed by atoms with E-state index in [1.807, 2.05) is 12.4 Å². The van der Waals surface area contributed by atoms with E-state index in [0.717, 1.165) is 12.3 Å². The molecule has 1 aliphatic rings. The van der Waals surface area contributed by atoms with E-state index in [9.17, 15) is 0 Å². The number of nitrogens with one attached hydrogen (secondary N) is 1. The van der Waals surface area contributed by atoms with Crippen molar-refractivity contribution < 1.29 is 0 Å². The molecule has 1 aromatic heterocycles. The van der Waals surface area contributed by atoms with Crippen molar-refractivity contribution in [3.05, 3.63) is 18.2 Å². The van der Waals surface area contributed by atoms with Crippen molar-refractivity contribution in [3.8, 4) is 0 Å². The van der Waals surface area contributed by atoms with Gasteiger partial charge in [0.15, 0.2) is 0 Å². The molecule has 0 amide bonds. The summed E-state index contributed by atoms with van der Waals surface area (Å²) in [7, 11) is 2.07. The standard InChI is InChI=1S/C10H17N3.2ClH/c1-13-7-6-12-10(13)8-9-2-4-11-5-3-9;;/h6-7,9,11H,2-5,8H2,1H3;2*1H. The van der Waals surface area contributed by atoms with Crippen LogP contribution in [-0.2, 0) is 13.5 Å². The van der Waals surface area contributed by atoms with E-state index in [0.29, 0.717) is 0 Å². The van der Waals surface area contributed by atoms with Gasteiger partial charge in [0, 0.05) is 25.9 Å². The summed E-state index contributed by atoms with van der Waals surface area (Å²) in [4.78, 5) is 4.35. The molecule has 0 saturated carbocycles. The minimum Gasteiger partial charge on any atom is -0.338 e. The Morgan fingerprint density at radius 1 is 1.40 bits per heavy atom. The summed E-state index contributed by atoms with van der Waals surface area (Å²) < 4.78 is 2.13. The highest BCUT2D eigenvalue weighted by atomic mass is 35.5. The smallest absolute Gasteiger partial charge is 0.108 e. The quantitative estimate of drug-likeness (QED) is 0.869. The lowest BCUT2D eigenvalue weighted by Crippen LogP contribution is -2.29. The minimum atomic E-state index is 0. The number of halogens is 2. The number of hydrogen-bond donors (Lipinski definition) is 1. The van der Waals surface area contributed by atoms with Gasteiger partial charge in [-0.1, -0.05) is 0 Å². The van der Waals surface area contributed by atoms with E-state index in [2.05, 4.69) is 21.9 Å². The Labute approximate surface area is 103 Å². The van der Waals surface area contributed by atoms with Crippen molar-refractivity contribution in [1.29, 1.82) is 0 Å². The topological polar surface area (TPSA) is 29.9 Å². The van der Waals surface area contributed by atoms with Gasteiger partial charge in [-0.25, -0.2) is 4.98 Å². The Hall–Kier alpha value is -0.250. The molecule has 3 nitrogen and oxygen atoms in total. The average Bonchev–Trinajstić information content (AvgIpc) is 2.54. The van der Waals surface area contributed by atoms with Gasteiger partial charge < -0.3 is 9.88 Å². The number of piperidine rings is 1. The molecular formula is C10H19Cl2N3. The first-order valence-electron chi connectivity index (χ1n) is 5.03. The van der Waals surface area contributed by atoms with Crippen molar-refractivity contribution in [1.82, 2.24) is 14.9 Å². The van der Waals surface area contributed by atoms with Gasteiger partial charge in [0.05, 0.1) is 0 Å². The fourth-order valence-corrected chi connectivity index (χ4v) is 1.94. The third-order valence-corrected chi connectivity index (χ3v) is 2.85. The molecule has 2 rings (SSSR count). The van der Waals surface area contributed by atoms with Crippen LogP contribution < -0.4 is 5.32 Å². The molecule has 0 aliphatic carbocycles. The van der Waals surface area contributed by atoms with Crippen LogP contribution in [0.3, 0.4) is 0 Å². The van der Waals surface area contributed by atoms with Gasteiger partial charge in [0.25, 0.3) is 0 Å². The highest BCUT2D eigenvalue weighted by Gasteiger charge is 2.14. The van der Waals surface area contributed by atoms with Gasteiger partial charge in [-0.2, -0.15) is 0 Å². The van der Waals surface area contributed by atoms with Gasteiger partial charge in [0.1, 0.15) is 5.82 Å². The zero-order valence-corrected chi connectivity index (χ0v) is 10.6. The third-order valence-electron chi connectivity index (χ3n) is 2.85. The predicted molar refractivity (Wildman–Crippen MR) is 67.0 cm³/mol. The van der Waals surface area contributed by atoms with E-state index in [1.54, 1.807) is 0 Å². The van der Waals surface area contributed by atoms with Gasteiger partial charge in [-0.3, -0.25) is 0 Å². The molecule has 0 radical (unpaired) electrons. The van der Waals surface area contributed by atoms with Gasteiger partial charge in [-0.05, 0) is 31.8 Å². The van der Waals surface area contributed by atoms with Crippen molar-refractivity contribution in [2.24, 2.45) is 13.0 Å². The van der Waals surface area contributed by atoms with Gasteiger partial charge in [-0.15, -0.1) is 24.8 Å². The van der Waals surface area contributed by atoms with Gasteiger partial charge in [0.2, 0.25) is 0 Å². The number of hydrogen-bond acceptors (Lipinski definition) is 2. The first kappa shape index (κ1) is 14.8. The van der Waals surface area contributed by atoms with Crippen LogP contribution in [0.1, 0.15) is 18.7 Å². The summed E-state index contributed by atoms with van der Waals surface area (Å²) >= 11 is 0.